The number of carbonyl (C=O) groups is 2. The molecule has 0 aliphatic rings. The Bertz CT molecular complexity index is 1610. The first-order valence-electron chi connectivity index (χ1n) is 10.3. The molecule has 2 N–H and O–H groups in total. The van der Waals surface area contributed by atoms with Gasteiger partial charge in [-0.3, -0.25) is 9.59 Å². The molecule has 35 heavy (non-hydrogen) atoms. The third kappa shape index (κ3) is 3.95. The third-order valence-corrected chi connectivity index (χ3v) is 6.16. The molecule has 4 aromatic heterocycles. The molecule has 0 bridgehead atoms. The molecule has 0 spiro atoms. The van der Waals surface area contributed by atoms with Crippen LogP contribution in [-0.2, 0) is 16.1 Å². The summed E-state index contributed by atoms with van der Waals surface area (Å²) in [7, 11) is 0. The van der Waals surface area contributed by atoms with E-state index in [1.54, 1.807) is 13.0 Å². The van der Waals surface area contributed by atoms with Crippen molar-refractivity contribution in [1.82, 2.24) is 9.55 Å². The van der Waals surface area contributed by atoms with Crippen LogP contribution in [0.1, 0.15) is 34.6 Å². The Morgan fingerprint density at radius 3 is 2.66 bits per heavy atom. The van der Waals surface area contributed by atoms with Crippen molar-refractivity contribution in [2.45, 2.75) is 20.5 Å². The van der Waals surface area contributed by atoms with E-state index in [1.165, 1.54) is 43.3 Å². The second kappa shape index (κ2) is 8.44. The van der Waals surface area contributed by atoms with Crippen LogP contribution >= 0.6 is 11.3 Å². The number of benzene rings is 1. The zero-order chi connectivity index (χ0) is 24.9. The Hall–Kier alpha value is -4.38. The Morgan fingerprint density at radius 2 is 1.94 bits per heavy atom. The lowest BCUT2D eigenvalue weighted by Crippen LogP contribution is -2.03. The van der Waals surface area contributed by atoms with Gasteiger partial charge in [0.1, 0.15) is 35.2 Å². The van der Waals surface area contributed by atoms with Crippen LogP contribution in [0, 0.1) is 12.7 Å². The summed E-state index contributed by atoms with van der Waals surface area (Å²) in [5.41, 5.74) is 0.165. The highest BCUT2D eigenvalue weighted by Crippen LogP contribution is 2.45. The van der Waals surface area contributed by atoms with Gasteiger partial charge >= 0.3 is 5.97 Å². The first kappa shape index (κ1) is 22.4. The number of hydrogen-bond donors (Lipinski definition) is 2. The number of rotatable bonds is 6. The van der Waals surface area contributed by atoms with E-state index in [2.05, 4.69) is 4.98 Å². The van der Waals surface area contributed by atoms with Gasteiger partial charge in [-0.05, 0) is 49.4 Å². The SMILES string of the molecule is CC(=O)OCc1ccc(-c2c(C(=O)c3ccc(C)o3)c(O)c(O)n2-c2nc3ccc(F)cc3s2)o1. The minimum Gasteiger partial charge on any atom is -0.503 e. The third-order valence-electron chi connectivity index (χ3n) is 5.16. The monoisotopic (exact) mass is 496 g/mol. The van der Waals surface area contributed by atoms with Crippen LogP contribution in [0.15, 0.2) is 51.3 Å². The highest BCUT2D eigenvalue weighted by molar-refractivity contribution is 7.20. The molecule has 9 nitrogen and oxygen atoms in total. The van der Waals surface area contributed by atoms with Gasteiger partial charge in [0.25, 0.3) is 0 Å². The number of thiazole rings is 1. The summed E-state index contributed by atoms with van der Waals surface area (Å²) in [6.07, 6.45) is 0. The van der Waals surface area contributed by atoms with Gasteiger partial charge in [-0.15, -0.1) is 0 Å². The van der Waals surface area contributed by atoms with Gasteiger partial charge < -0.3 is 23.8 Å². The molecular weight excluding hydrogens is 479 g/mol. The second-order valence-corrected chi connectivity index (χ2v) is 8.63. The molecule has 0 saturated carbocycles. The number of halogens is 1. The molecule has 0 atom stereocenters. The molecule has 0 fully saturated rings. The molecule has 4 heterocycles. The van der Waals surface area contributed by atoms with Crippen molar-refractivity contribution in [3.63, 3.8) is 0 Å². The Kier molecular flexibility index (Phi) is 5.40. The van der Waals surface area contributed by atoms with E-state index in [4.69, 9.17) is 13.6 Å². The number of fused-ring (bicyclic) bond motifs is 1. The topological polar surface area (TPSA) is 128 Å². The van der Waals surface area contributed by atoms with E-state index < -0.39 is 29.2 Å². The summed E-state index contributed by atoms with van der Waals surface area (Å²) in [6.45, 7) is 2.76. The molecule has 5 rings (SSSR count). The van der Waals surface area contributed by atoms with Crippen molar-refractivity contribution in [3.05, 3.63) is 71.1 Å². The molecule has 0 unspecified atom stereocenters. The van der Waals surface area contributed by atoms with Crippen molar-refractivity contribution in [3.8, 4) is 28.2 Å². The fourth-order valence-corrected chi connectivity index (χ4v) is 4.60. The minimum absolute atomic E-state index is 0.00680. The fraction of sp³-hybridized carbons (Fsp3) is 0.125. The number of hydrogen-bond acceptors (Lipinski definition) is 9. The smallest absolute Gasteiger partial charge is 0.303 e. The number of esters is 1. The van der Waals surface area contributed by atoms with E-state index in [1.807, 2.05) is 0 Å². The predicted molar refractivity (Wildman–Crippen MR) is 122 cm³/mol. The maximum atomic E-state index is 13.7. The predicted octanol–water partition coefficient (Wildman–Crippen LogP) is 5.09. The number of ketones is 1. The average molecular weight is 496 g/mol. The second-order valence-electron chi connectivity index (χ2n) is 7.63. The van der Waals surface area contributed by atoms with Crippen LogP contribution in [0.2, 0.25) is 0 Å². The molecule has 178 valence electrons. The van der Waals surface area contributed by atoms with Crippen LogP contribution in [0.5, 0.6) is 11.6 Å². The van der Waals surface area contributed by atoms with Gasteiger partial charge in [0.15, 0.2) is 22.4 Å². The molecule has 0 aliphatic heterocycles. The number of aryl methyl sites for hydroxylation is 1. The number of aromatic nitrogens is 2. The van der Waals surface area contributed by atoms with Crippen LogP contribution in [0.4, 0.5) is 4.39 Å². The maximum absolute atomic E-state index is 13.7. The van der Waals surface area contributed by atoms with Gasteiger partial charge in [-0.2, -0.15) is 0 Å². The quantitative estimate of drug-likeness (QED) is 0.246. The van der Waals surface area contributed by atoms with Crippen molar-refractivity contribution in [2.75, 3.05) is 0 Å². The van der Waals surface area contributed by atoms with Crippen LogP contribution < -0.4 is 0 Å². The van der Waals surface area contributed by atoms with Gasteiger partial charge in [-0.1, -0.05) is 11.3 Å². The first-order valence-corrected chi connectivity index (χ1v) is 11.1. The van der Waals surface area contributed by atoms with Crippen LogP contribution in [0.25, 0.3) is 26.8 Å². The molecular formula is C24H17FN2O7S. The number of carbonyl (C=O) groups excluding carboxylic acids is 2. The molecule has 0 saturated heterocycles. The van der Waals surface area contributed by atoms with Gasteiger partial charge in [0.05, 0.1) is 10.2 Å². The molecule has 11 heteroatoms. The molecule has 1 aromatic carbocycles. The van der Waals surface area contributed by atoms with Crippen molar-refractivity contribution < 1.29 is 37.8 Å². The van der Waals surface area contributed by atoms with Crippen LogP contribution in [-0.4, -0.2) is 31.5 Å². The summed E-state index contributed by atoms with van der Waals surface area (Å²) < 4.78 is 31.6. The van der Waals surface area contributed by atoms with Crippen LogP contribution in [0.3, 0.4) is 0 Å². The summed E-state index contributed by atoms with van der Waals surface area (Å²) in [5.74, 6) is -2.27. The lowest BCUT2D eigenvalue weighted by atomic mass is 10.1. The van der Waals surface area contributed by atoms with Crippen molar-refractivity contribution in [1.29, 1.82) is 0 Å². The first-order chi connectivity index (χ1) is 16.7. The Morgan fingerprint density at radius 1 is 1.14 bits per heavy atom. The van der Waals surface area contributed by atoms with E-state index in [0.29, 0.717) is 16.0 Å². The minimum atomic E-state index is -0.706. The molecule has 5 aromatic rings. The zero-order valence-corrected chi connectivity index (χ0v) is 19.2. The van der Waals surface area contributed by atoms with E-state index in [0.717, 1.165) is 15.9 Å². The number of nitrogens with zero attached hydrogens (tertiary/aromatic N) is 2. The summed E-state index contributed by atoms with van der Waals surface area (Å²) >= 11 is 1.04. The van der Waals surface area contributed by atoms with Crippen molar-refractivity contribution in [2.24, 2.45) is 0 Å². The summed E-state index contributed by atoms with van der Waals surface area (Å²) in [6, 6.07) is 10.1. The largest absolute Gasteiger partial charge is 0.503 e. The highest BCUT2D eigenvalue weighted by atomic mass is 32.1. The normalized spacial score (nSPS) is 11.3. The Labute approximate surface area is 200 Å². The van der Waals surface area contributed by atoms with Crippen molar-refractivity contribution >= 4 is 33.3 Å². The lowest BCUT2D eigenvalue weighted by molar-refractivity contribution is -0.142. The van der Waals surface area contributed by atoms with Gasteiger partial charge in [-0.25, -0.2) is 13.9 Å². The van der Waals surface area contributed by atoms with E-state index in [9.17, 15) is 24.2 Å². The summed E-state index contributed by atoms with van der Waals surface area (Å²) in [5, 5.41) is 21.9. The standard InChI is InChI=1S/C24H17FN2O7S/c1-11-3-7-17(33-11)21(29)19-20(16-8-5-14(34-16)10-32-12(2)28)27(23(31)22(19)30)24-26-15-6-4-13(25)9-18(15)35-24/h3-9,30-31H,10H2,1-2H3. The summed E-state index contributed by atoms with van der Waals surface area (Å²) in [4.78, 5) is 28.9. The number of furan rings is 2. The average Bonchev–Trinajstić information content (AvgIpc) is 3.58. The number of aromatic hydroxyl groups is 2. The lowest BCUT2D eigenvalue weighted by Gasteiger charge is -2.06. The fourth-order valence-electron chi connectivity index (χ4n) is 3.60. The zero-order valence-electron chi connectivity index (χ0n) is 18.4. The van der Waals surface area contributed by atoms with E-state index in [-0.39, 0.29) is 40.3 Å². The van der Waals surface area contributed by atoms with E-state index >= 15 is 0 Å². The number of ether oxygens (including phenoxy) is 1. The molecule has 0 amide bonds. The Balaban J connectivity index is 1.73. The molecule has 0 radical (unpaired) electrons. The van der Waals surface area contributed by atoms with Gasteiger partial charge in [0.2, 0.25) is 11.7 Å². The van der Waals surface area contributed by atoms with Gasteiger partial charge in [0, 0.05) is 6.92 Å². The maximum Gasteiger partial charge on any atom is 0.303 e. The molecule has 0 aliphatic carbocycles. The highest BCUT2D eigenvalue weighted by Gasteiger charge is 2.33.